The molecule has 26 heavy (non-hydrogen) atoms. The second-order valence-corrected chi connectivity index (χ2v) is 7.85. The van der Waals surface area contributed by atoms with Crippen molar-refractivity contribution in [1.82, 2.24) is 20.0 Å². The smallest absolute Gasteiger partial charge is 0.261 e. The average molecular weight is 369 g/mol. The van der Waals surface area contributed by atoms with Gasteiger partial charge in [0.2, 0.25) is 0 Å². The summed E-state index contributed by atoms with van der Waals surface area (Å²) in [5.41, 5.74) is 1.97. The van der Waals surface area contributed by atoms with Crippen LogP contribution in [-0.4, -0.2) is 46.8 Å². The van der Waals surface area contributed by atoms with E-state index < -0.39 is 0 Å². The molecule has 3 heterocycles. The first-order valence-corrected chi connectivity index (χ1v) is 10.1. The largest absolute Gasteiger partial charge is 0.350 e. The Labute approximate surface area is 157 Å². The van der Waals surface area contributed by atoms with Crippen LogP contribution >= 0.6 is 11.3 Å². The number of rotatable bonds is 5. The fourth-order valence-electron chi connectivity index (χ4n) is 3.50. The fraction of sp³-hybridized carbons (Fsp3) is 0.400. The maximum absolute atomic E-state index is 12.6. The van der Waals surface area contributed by atoms with Crippen LogP contribution in [0, 0.1) is 6.92 Å². The Morgan fingerprint density at radius 2 is 1.96 bits per heavy atom. The van der Waals surface area contributed by atoms with Gasteiger partial charge in [0.25, 0.3) is 5.91 Å². The highest BCUT2D eigenvalue weighted by molar-refractivity contribution is 7.20. The van der Waals surface area contributed by atoms with E-state index in [1.807, 2.05) is 48.0 Å². The highest BCUT2D eigenvalue weighted by Crippen LogP contribution is 2.30. The molecular weight excluding hydrogens is 344 g/mol. The van der Waals surface area contributed by atoms with Crippen molar-refractivity contribution in [2.24, 2.45) is 0 Å². The summed E-state index contributed by atoms with van der Waals surface area (Å²) >= 11 is 1.51. The molecule has 0 atom stereocenters. The molecule has 136 valence electrons. The first kappa shape index (κ1) is 17.2. The number of thiophene rings is 1. The number of aromatic nitrogens is 2. The predicted octanol–water partition coefficient (Wildman–Crippen LogP) is 3.61. The molecule has 0 aliphatic carbocycles. The molecule has 1 aromatic carbocycles. The number of likely N-dealkylation sites (tertiary alicyclic amines) is 1. The monoisotopic (exact) mass is 368 g/mol. The lowest BCUT2D eigenvalue weighted by molar-refractivity contribution is 0.0950. The zero-order valence-corrected chi connectivity index (χ0v) is 15.9. The van der Waals surface area contributed by atoms with Gasteiger partial charge in [-0.25, -0.2) is 4.68 Å². The number of hydrogen-bond donors (Lipinski definition) is 1. The van der Waals surface area contributed by atoms with Crippen molar-refractivity contribution in [3.8, 4) is 5.69 Å². The van der Waals surface area contributed by atoms with Gasteiger partial charge in [0, 0.05) is 18.5 Å². The van der Waals surface area contributed by atoms with Crippen molar-refractivity contribution < 1.29 is 4.79 Å². The lowest BCUT2D eigenvalue weighted by Gasteiger charge is -2.26. The molecule has 6 heteroatoms. The predicted molar refractivity (Wildman–Crippen MR) is 106 cm³/mol. The third-order valence-corrected chi connectivity index (χ3v) is 6.04. The number of nitrogens with zero attached hydrogens (tertiary/aromatic N) is 3. The molecule has 0 spiro atoms. The third kappa shape index (κ3) is 3.52. The van der Waals surface area contributed by atoms with Gasteiger partial charge in [0.1, 0.15) is 4.83 Å². The standard InChI is InChI=1S/C20H24N4OS/c1-15-17-14-18(19(25)21-10-13-23-11-6-3-7-12-23)26-20(17)24(22-15)16-8-4-2-5-9-16/h2,4-5,8-9,14H,3,6-7,10-13H2,1H3,(H,21,25). The van der Waals surface area contributed by atoms with Crippen LogP contribution in [0.3, 0.4) is 0 Å². The molecule has 1 N–H and O–H groups in total. The molecule has 5 nitrogen and oxygen atoms in total. The van der Waals surface area contributed by atoms with E-state index in [0.29, 0.717) is 6.54 Å². The minimum absolute atomic E-state index is 0.0159. The summed E-state index contributed by atoms with van der Waals surface area (Å²) in [7, 11) is 0. The van der Waals surface area contributed by atoms with Gasteiger partial charge in [-0.1, -0.05) is 24.6 Å². The van der Waals surface area contributed by atoms with E-state index in [4.69, 9.17) is 0 Å². The Morgan fingerprint density at radius 3 is 2.73 bits per heavy atom. The molecule has 1 aliphatic rings. The lowest BCUT2D eigenvalue weighted by Crippen LogP contribution is -2.37. The summed E-state index contributed by atoms with van der Waals surface area (Å²) in [6, 6.07) is 12.0. The van der Waals surface area contributed by atoms with Crippen molar-refractivity contribution in [2.45, 2.75) is 26.2 Å². The number of carbonyl (C=O) groups is 1. The number of amides is 1. The van der Waals surface area contributed by atoms with Crippen LogP contribution in [0.2, 0.25) is 0 Å². The fourth-order valence-corrected chi connectivity index (χ4v) is 4.60. The first-order chi connectivity index (χ1) is 12.7. The molecule has 1 aliphatic heterocycles. The molecule has 0 unspecified atom stereocenters. The van der Waals surface area contributed by atoms with E-state index in [2.05, 4.69) is 15.3 Å². The maximum atomic E-state index is 12.6. The van der Waals surface area contributed by atoms with E-state index in [-0.39, 0.29) is 5.91 Å². The molecule has 0 radical (unpaired) electrons. The Kier molecular flexibility index (Phi) is 5.04. The summed E-state index contributed by atoms with van der Waals surface area (Å²) in [6.07, 6.45) is 3.89. The highest BCUT2D eigenvalue weighted by atomic mass is 32.1. The first-order valence-electron chi connectivity index (χ1n) is 9.27. The molecule has 2 aromatic heterocycles. The van der Waals surface area contributed by atoms with E-state index in [1.165, 1.54) is 30.6 Å². The minimum Gasteiger partial charge on any atom is -0.350 e. The van der Waals surface area contributed by atoms with Crippen molar-refractivity contribution in [1.29, 1.82) is 0 Å². The van der Waals surface area contributed by atoms with Gasteiger partial charge < -0.3 is 10.2 Å². The van der Waals surface area contributed by atoms with Crippen molar-refractivity contribution in [2.75, 3.05) is 26.2 Å². The van der Waals surface area contributed by atoms with Gasteiger partial charge in [-0.2, -0.15) is 5.10 Å². The summed E-state index contributed by atoms with van der Waals surface area (Å²) in [4.78, 5) is 16.8. The number of aryl methyl sites for hydroxylation is 1. The number of benzene rings is 1. The third-order valence-electron chi connectivity index (χ3n) is 4.93. The maximum Gasteiger partial charge on any atom is 0.261 e. The van der Waals surface area contributed by atoms with Gasteiger partial charge in [0.15, 0.2) is 0 Å². The average Bonchev–Trinajstić information content (AvgIpc) is 3.24. The van der Waals surface area contributed by atoms with E-state index in [1.54, 1.807) is 0 Å². The molecule has 4 rings (SSSR count). The van der Waals surface area contributed by atoms with Crippen LogP contribution in [0.1, 0.15) is 34.6 Å². The molecule has 0 bridgehead atoms. The Morgan fingerprint density at radius 1 is 1.19 bits per heavy atom. The highest BCUT2D eigenvalue weighted by Gasteiger charge is 2.17. The Bertz CT molecular complexity index is 893. The van der Waals surface area contributed by atoms with E-state index in [9.17, 15) is 4.79 Å². The Hall–Kier alpha value is -2.18. The summed E-state index contributed by atoms with van der Waals surface area (Å²) < 4.78 is 1.93. The molecule has 1 saturated heterocycles. The van der Waals surface area contributed by atoms with Gasteiger partial charge in [-0.05, 0) is 51.1 Å². The summed E-state index contributed by atoms with van der Waals surface area (Å²) in [5, 5.41) is 8.76. The molecule has 1 fully saturated rings. The van der Waals surface area contributed by atoms with Crippen LogP contribution in [0.5, 0.6) is 0 Å². The van der Waals surface area contributed by atoms with Gasteiger partial charge in [-0.15, -0.1) is 11.3 Å². The minimum atomic E-state index is 0.0159. The summed E-state index contributed by atoms with van der Waals surface area (Å²) in [6.45, 7) is 5.95. The van der Waals surface area contributed by atoms with Crippen molar-refractivity contribution in [3.05, 3.63) is 47.0 Å². The lowest BCUT2D eigenvalue weighted by atomic mass is 10.1. The van der Waals surface area contributed by atoms with Crippen molar-refractivity contribution in [3.63, 3.8) is 0 Å². The number of piperidine rings is 1. The SMILES string of the molecule is Cc1nn(-c2ccccc2)c2sc(C(=O)NCCN3CCCCC3)cc12. The molecule has 1 amide bonds. The van der Waals surface area contributed by atoms with Crippen LogP contribution in [0.4, 0.5) is 0 Å². The zero-order chi connectivity index (χ0) is 17.9. The van der Waals surface area contributed by atoms with Gasteiger partial charge in [-0.3, -0.25) is 4.79 Å². The van der Waals surface area contributed by atoms with Crippen molar-refractivity contribution >= 4 is 27.5 Å². The van der Waals surface area contributed by atoms with Crippen LogP contribution in [0.25, 0.3) is 15.9 Å². The second kappa shape index (κ2) is 7.60. The molecular formula is C20H24N4OS. The topological polar surface area (TPSA) is 50.2 Å². The van der Waals surface area contributed by atoms with Gasteiger partial charge in [0.05, 0.1) is 16.3 Å². The van der Waals surface area contributed by atoms with Gasteiger partial charge >= 0.3 is 0 Å². The van der Waals surface area contributed by atoms with E-state index >= 15 is 0 Å². The van der Waals surface area contributed by atoms with Crippen LogP contribution in [0.15, 0.2) is 36.4 Å². The Balaban J connectivity index is 1.47. The normalized spacial score (nSPS) is 15.4. The van der Waals surface area contributed by atoms with Crippen LogP contribution in [-0.2, 0) is 0 Å². The zero-order valence-electron chi connectivity index (χ0n) is 15.1. The molecule has 3 aromatic rings. The van der Waals surface area contributed by atoms with E-state index in [0.717, 1.165) is 46.1 Å². The number of para-hydroxylation sites is 1. The quantitative estimate of drug-likeness (QED) is 0.748. The molecule has 0 saturated carbocycles. The number of fused-ring (bicyclic) bond motifs is 1. The van der Waals surface area contributed by atoms with Crippen LogP contribution < -0.4 is 5.32 Å². The number of carbonyl (C=O) groups excluding carboxylic acids is 1. The second-order valence-electron chi connectivity index (χ2n) is 6.82. The number of nitrogens with one attached hydrogen (secondary N) is 1. The summed E-state index contributed by atoms with van der Waals surface area (Å²) in [5.74, 6) is 0.0159. The number of hydrogen-bond acceptors (Lipinski definition) is 4.